The van der Waals surface area contributed by atoms with Crippen molar-refractivity contribution in [3.05, 3.63) is 59.7 Å². The molecule has 0 aliphatic carbocycles. The first-order chi connectivity index (χ1) is 11.1. The Kier molecular flexibility index (Phi) is 5.93. The number of halogens is 2. The Hall–Kier alpha value is -2.61. The van der Waals surface area contributed by atoms with Crippen LogP contribution in [0.15, 0.2) is 42.5 Å². The number of hydrogen-bond donors (Lipinski definition) is 0. The van der Waals surface area contributed by atoms with Crippen molar-refractivity contribution in [2.24, 2.45) is 0 Å². The van der Waals surface area contributed by atoms with E-state index < -0.39 is 11.6 Å². The van der Waals surface area contributed by atoms with E-state index in [1.807, 2.05) is 31.2 Å². The Morgan fingerprint density at radius 3 is 2.30 bits per heavy atom. The molecule has 0 saturated carbocycles. The molecule has 0 heterocycles. The molecule has 0 aliphatic heterocycles. The van der Waals surface area contributed by atoms with Gasteiger partial charge in [0, 0.05) is 12.5 Å². The zero-order chi connectivity index (χ0) is 16.7. The van der Waals surface area contributed by atoms with Gasteiger partial charge in [-0.3, -0.25) is 0 Å². The van der Waals surface area contributed by atoms with Gasteiger partial charge >= 0.3 is 0 Å². The summed E-state index contributed by atoms with van der Waals surface area (Å²) in [5, 5.41) is 9.28. The third-order valence-electron chi connectivity index (χ3n) is 3.32. The summed E-state index contributed by atoms with van der Waals surface area (Å²) in [6, 6.07) is 12.9. The van der Waals surface area contributed by atoms with Gasteiger partial charge in [0.1, 0.15) is 11.5 Å². The molecule has 2 aromatic rings. The van der Waals surface area contributed by atoms with Crippen molar-refractivity contribution in [1.82, 2.24) is 0 Å². The van der Waals surface area contributed by atoms with E-state index in [0.717, 1.165) is 23.4 Å². The molecule has 2 aromatic carbocycles. The lowest BCUT2D eigenvalue weighted by molar-refractivity contribution is 0.303. The quantitative estimate of drug-likeness (QED) is 0.758. The van der Waals surface area contributed by atoms with Gasteiger partial charge in [0.2, 0.25) is 0 Å². The number of hydrogen-bond acceptors (Lipinski definition) is 3. The molecule has 120 valence electrons. The number of nitriles is 1. The maximum absolute atomic E-state index is 13.1. The van der Waals surface area contributed by atoms with Gasteiger partial charge in [-0.05, 0) is 36.8 Å². The minimum Gasteiger partial charge on any atom is -0.494 e. The molecule has 0 spiro atoms. The first kappa shape index (κ1) is 16.8. The van der Waals surface area contributed by atoms with Gasteiger partial charge in [-0.1, -0.05) is 12.1 Å². The van der Waals surface area contributed by atoms with Crippen molar-refractivity contribution in [1.29, 1.82) is 5.26 Å². The summed E-state index contributed by atoms with van der Waals surface area (Å²) in [6.07, 6.45) is 0.448. The predicted octanol–water partition coefficient (Wildman–Crippen LogP) is 4.44. The SMILES string of the molecule is CCOc1ccc(C(C#N)CCOc2ccc(F)c(F)c2)cc1. The Morgan fingerprint density at radius 2 is 1.70 bits per heavy atom. The monoisotopic (exact) mass is 317 g/mol. The van der Waals surface area contributed by atoms with Crippen LogP contribution in [-0.2, 0) is 0 Å². The van der Waals surface area contributed by atoms with Crippen LogP contribution in [0.2, 0.25) is 0 Å². The number of nitrogens with zero attached hydrogens (tertiary/aromatic N) is 1. The molecule has 0 saturated heterocycles. The average Bonchev–Trinajstić information content (AvgIpc) is 2.56. The second-order valence-corrected chi connectivity index (χ2v) is 4.90. The largest absolute Gasteiger partial charge is 0.494 e. The predicted molar refractivity (Wildman–Crippen MR) is 82.4 cm³/mol. The second-order valence-electron chi connectivity index (χ2n) is 4.90. The molecular weight excluding hydrogens is 300 g/mol. The van der Waals surface area contributed by atoms with Crippen molar-refractivity contribution >= 4 is 0 Å². The third-order valence-corrected chi connectivity index (χ3v) is 3.32. The molecular formula is C18H17F2NO2. The summed E-state index contributed by atoms with van der Waals surface area (Å²) in [5.41, 5.74) is 0.866. The molecule has 1 unspecified atom stereocenters. The van der Waals surface area contributed by atoms with Crippen molar-refractivity contribution < 1.29 is 18.3 Å². The minimum atomic E-state index is -0.953. The Bertz CT molecular complexity index is 680. The van der Waals surface area contributed by atoms with E-state index in [1.54, 1.807) is 0 Å². The lowest BCUT2D eigenvalue weighted by atomic mass is 9.97. The fourth-order valence-corrected chi connectivity index (χ4v) is 2.13. The van der Waals surface area contributed by atoms with Crippen molar-refractivity contribution in [3.8, 4) is 17.6 Å². The summed E-state index contributed by atoms with van der Waals surface area (Å²) in [4.78, 5) is 0. The summed E-state index contributed by atoms with van der Waals surface area (Å²) in [6.45, 7) is 2.72. The van der Waals surface area contributed by atoms with Crippen LogP contribution in [0.25, 0.3) is 0 Å². The zero-order valence-corrected chi connectivity index (χ0v) is 12.8. The summed E-state index contributed by atoms with van der Waals surface area (Å²) in [7, 11) is 0. The number of ether oxygens (including phenoxy) is 2. The summed E-state index contributed by atoms with van der Waals surface area (Å²) < 4.78 is 36.6. The molecule has 1 atom stereocenters. The highest BCUT2D eigenvalue weighted by atomic mass is 19.2. The molecule has 0 bridgehead atoms. The van der Waals surface area contributed by atoms with E-state index in [4.69, 9.17) is 9.47 Å². The highest BCUT2D eigenvalue weighted by Crippen LogP contribution is 2.23. The van der Waals surface area contributed by atoms with E-state index in [0.29, 0.717) is 13.0 Å². The maximum atomic E-state index is 13.1. The fourth-order valence-electron chi connectivity index (χ4n) is 2.13. The molecule has 0 fully saturated rings. The first-order valence-corrected chi connectivity index (χ1v) is 7.34. The van der Waals surface area contributed by atoms with Crippen LogP contribution < -0.4 is 9.47 Å². The molecule has 0 amide bonds. The highest BCUT2D eigenvalue weighted by Gasteiger charge is 2.11. The number of benzene rings is 2. The lowest BCUT2D eigenvalue weighted by Gasteiger charge is -2.12. The topological polar surface area (TPSA) is 42.2 Å². The van der Waals surface area contributed by atoms with Gasteiger partial charge in [-0.25, -0.2) is 8.78 Å². The average molecular weight is 317 g/mol. The van der Waals surface area contributed by atoms with E-state index in [9.17, 15) is 14.0 Å². The molecule has 3 nitrogen and oxygen atoms in total. The first-order valence-electron chi connectivity index (χ1n) is 7.34. The van der Waals surface area contributed by atoms with Gasteiger partial charge in [0.05, 0.1) is 25.2 Å². The third kappa shape index (κ3) is 4.68. The summed E-state index contributed by atoms with van der Waals surface area (Å²) >= 11 is 0. The molecule has 5 heteroatoms. The number of rotatable bonds is 7. The Morgan fingerprint density at radius 1 is 1.00 bits per heavy atom. The summed E-state index contributed by atoms with van der Waals surface area (Å²) in [5.74, 6) is -1.21. The standard InChI is InChI=1S/C18H17F2NO2/c1-2-22-15-5-3-13(4-6-15)14(12-21)9-10-23-16-7-8-17(19)18(20)11-16/h3-8,11,14H,2,9-10H2,1H3. The molecule has 0 aromatic heterocycles. The van der Waals surface area contributed by atoms with Crippen LogP contribution in [0.5, 0.6) is 11.5 Å². The molecule has 2 rings (SSSR count). The van der Waals surface area contributed by atoms with Crippen LogP contribution >= 0.6 is 0 Å². The Labute approximate surface area is 134 Å². The van der Waals surface area contributed by atoms with E-state index in [1.165, 1.54) is 6.07 Å². The molecule has 0 aliphatic rings. The van der Waals surface area contributed by atoms with Crippen LogP contribution in [0.4, 0.5) is 8.78 Å². The molecule has 0 radical (unpaired) electrons. The van der Waals surface area contributed by atoms with Gasteiger partial charge in [-0.2, -0.15) is 5.26 Å². The van der Waals surface area contributed by atoms with Gasteiger partial charge in [-0.15, -0.1) is 0 Å². The van der Waals surface area contributed by atoms with Crippen molar-refractivity contribution in [2.75, 3.05) is 13.2 Å². The highest BCUT2D eigenvalue weighted by molar-refractivity contribution is 5.32. The van der Waals surface area contributed by atoms with E-state index in [2.05, 4.69) is 6.07 Å². The Balaban J connectivity index is 1.92. The van der Waals surface area contributed by atoms with Crippen LogP contribution in [-0.4, -0.2) is 13.2 Å². The van der Waals surface area contributed by atoms with Gasteiger partial charge < -0.3 is 9.47 Å². The maximum Gasteiger partial charge on any atom is 0.162 e. The van der Waals surface area contributed by atoms with Gasteiger partial charge in [0.15, 0.2) is 11.6 Å². The lowest BCUT2D eigenvalue weighted by Crippen LogP contribution is -2.05. The second kappa shape index (κ2) is 8.14. The minimum absolute atomic E-state index is 0.233. The van der Waals surface area contributed by atoms with Crippen LogP contribution in [0.3, 0.4) is 0 Å². The molecule has 23 heavy (non-hydrogen) atoms. The molecule has 0 N–H and O–H groups in total. The van der Waals surface area contributed by atoms with Crippen molar-refractivity contribution in [3.63, 3.8) is 0 Å². The normalized spacial score (nSPS) is 11.6. The fraction of sp³-hybridized carbons (Fsp3) is 0.278. The van der Waals surface area contributed by atoms with Crippen molar-refractivity contribution in [2.45, 2.75) is 19.3 Å². The van der Waals surface area contributed by atoms with E-state index in [-0.39, 0.29) is 18.3 Å². The van der Waals surface area contributed by atoms with Crippen LogP contribution in [0, 0.1) is 23.0 Å². The zero-order valence-electron chi connectivity index (χ0n) is 12.8. The van der Waals surface area contributed by atoms with Crippen LogP contribution in [0.1, 0.15) is 24.8 Å². The van der Waals surface area contributed by atoms with Gasteiger partial charge in [0.25, 0.3) is 0 Å². The van der Waals surface area contributed by atoms with E-state index >= 15 is 0 Å². The smallest absolute Gasteiger partial charge is 0.162 e.